The van der Waals surface area contributed by atoms with Gasteiger partial charge in [0.15, 0.2) is 0 Å². The van der Waals surface area contributed by atoms with Gasteiger partial charge in [-0.2, -0.15) is 0 Å². The van der Waals surface area contributed by atoms with Gasteiger partial charge >= 0.3 is 5.97 Å². The Labute approximate surface area is 441 Å². The molecule has 0 saturated carbocycles. The smallest absolute Gasteiger partial charge is 0.335 e. The maximum absolute atomic E-state index is 13.3. The van der Waals surface area contributed by atoms with Crippen LogP contribution in [0.5, 0.6) is 0 Å². The number of piperazine rings is 1. The van der Waals surface area contributed by atoms with Crippen molar-refractivity contribution in [1.29, 1.82) is 0 Å². The zero-order chi connectivity index (χ0) is 51.6. The SMILES string of the molecule is CC.CC.CC.CCCCS(=O)c1sc2nc(-c3nccs3)cc(-c3cccc(C(=O)N4CCN(C)CC4)c3)c2c1N.CCCCSc1sc2nc(-c3nccs3)cc(-c3cccc(C(=O)O)c3)c2c1N. The molecular formula is C53H66N8O4S6. The fourth-order valence-corrected chi connectivity index (χ4v) is 13.8. The molecular weight excluding hydrogens is 1010 g/mol. The third-order valence-corrected chi connectivity index (χ3v) is 17.9. The van der Waals surface area contributed by atoms with Gasteiger partial charge in [-0.15, -0.1) is 57.1 Å². The van der Waals surface area contributed by atoms with Gasteiger partial charge in [-0.05, 0) is 84.3 Å². The van der Waals surface area contributed by atoms with E-state index in [9.17, 15) is 18.9 Å². The Bertz CT molecular complexity index is 2980. The quantitative estimate of drug-likeness (QED) is 0.0693. The number of benzene rings is 2. The minimum Gasteiger partial charge on any atom is -0.478 e. The highest BCUT2D eigenvalue weighted by molar-refractivity contribution is 8.01. The second-order valence-corrected chi connectivity index (χ2v) is 22.3. The number of carbonyl (C=O) groups excluding carboxylic acids is 1. The van der Waals surface area contributed by atoms with Crippen LogP contribution in [0.4, 0.5) is 11.4 Å². The van der Waals surface area contributed by atoms with Gasteiger partial charge in [0.2, 0.25) is 0 Å². The molecule has 8 aromatic rings. The molecule has 6 aromatic heterocycles. The minimum absolute atomic E-state index is 0.0371. The van der Waals surface area contributed by atoms with Crippen molar-refractivity contribution in [3.63, 3.8) is 0 Å². The molecule has 0 aliphatic carbocycles. The molecule has 18 heteroatoms. The number of nitrogen functional groups attached to an aromatic ring is 2. The van der Waals surface area contributed by atoms with Crippen LogP contribution in [0.2, 0.25) is 0 Å². The highest BCUT2D eigenvalue weighted by atomic mass is 32.2. The first-order valence-electron chi connectivity index (χ1n) is 24.2. The monoisotopic (exact) mass is 1070 g/mol. The zero-order valence-electron chi connectivity index (χ0n) is 42.1. The Hall–Kier alpha value is -5.08. The van der Waals surface area contributed by atoms with Crippen LogP contribution in [-0.2, 0) is 10.8 Å². The van der Waals surface area contributed by atoms with Gasteiger partial charge in [0.25, 0.3) is 5.91 Å². The number of rotatable bonds is 14. The largest absolute Gasteiger partial charge is 0.478 e. The Morgan fingerprint density at radius 1 is 0.718 bits per heavy atom. The summed E-state index contributed by atoms with van der Waals surface area (Å²) >= 11 is 7.79. The average molecular weight is 1070 g/mol. The van der Waals surface area contributed by atoms with Crippen LogP contribution in [-0.4, -0.2) is 95.7 Å². The van der Waals surface area contributed by atoms with E-state index in [2.05, 4.69) is 35.8 Å². The molecule has 0 spiro atoms. The number of nitrogens with two attached hydrogens (primary N) is 2. The maximum atomic E-state index is 13.3. The zero-order valence-corrected chi connectivity index (χ0v) is 47.0. The number of carboxylic acids is 1. The first kappa shape index (κ1) is 56.8. The third kappa shape index (κ3) is 13.9. The van der Waals surface area contributed by atoms with E-state index < -0.39 is 16.8 Å². The number of pyridine rings is 2. The lowest BCUT2D eigenvalue weighted by atomic mass is 9.99. The molecule has 1 fully saturated rings. The molecule has 12 nitrogen and oxygen atoms in total. The van der Waals surface area contributed by atoms with Crippen LogP contribution in [0.15, 0.2) is 92.2 Å². The van der Waals surface area contributed by atoms with E-state index in [-0.39, 0.29) is 11.5 Å². The molecule has 71 heavy (non-hydrogen) atoms. The number of fused-ring (bicyclic) bond motifs is 2. The highest BCUT2D eigenvalue weighted by Gasteiger charge is 2.25. The Balaban J connectivity index is 0.000000244. The predicted octanol–water partition coefficient (Wildman–Crippen LogP) is 14.3. The van der Waals surface area contributed by atoms with E-state index in [4.69, 9.17) is 21.4 Å². The molecule has 7 heterocycles. The number of nitrogens with zero attached hydrogens (tertiary/aromatic N) is 6. The summed E-state index contributed by atoms with van der Waals surface area (Å²) in [4.78, 5) is 49.0. The van der Waals surface area contributed by atoms with E-state index in [1.807, 2.05) is 99.7 Å². The van der Waals surface area contributed by atoms with Gasteiger partial charge < -0.3 is 26.4 Å². The predicted molar refractivity (Wildman–Crippen MR) is 307 cm³/mol. The summed E-state index contributed by atoms with van der Waals surface area (Å²) in [5.74, 6) is 0.676. The number of thioether (sulfide) groups is 1. The number of aromatic carboxylic acids is 1. The minimum atomic E-state index is -1.18. The number of amides is 1. The fraction of sp³-hybridized carbons (Fsp3) is 0.358. The lowest BCUT2D eigenvalue weighted by Crippen LogP contribution is -2.47. The molecule has 1 aliphatic rings. The highest BCUT2D eigenvalue weighted by Crippen LogP contribution is 2.46. The third-order valence-electron chi connectivity index (χ3n) is 10.9. The first-order chi connectivity index (χ1) is 34.5. The van der Waals surface area contributed by atoms with Crippen molar-refractivity contribution in [2.75, 3.05) is 56.2 Å². The lowest BCUT2D eigenvalue weighted by Gasteiger charge is -2.32. The van der Waals surface area contributed by atoms with E-state index >= 15 is 0 Å². The van der Waals surface area contributed by atoms with Crippen LogP contribution >= 0.6 is 57.1 Å². The van der Waals surface area contributed by atoms with E-state index in [0.29, 0.717) is 21.2 Å². The van der Waals surface area contributed by atoms with Gasteiger partial charge in [-0.3, -0.25) is 9.00 Å². The molecule has 0 radical (unpaired) electrons. The standard InChI is InChI=1S/C26H29N5O2S3.C21H19N3O2S3.3C2H6/c1-3-4-14-36(33)26-22(27)21-19(16-20(29-24(21)35-26)23-28-8-13-34-23)17-6-5-7-18(15-17)25(32)31-11-9-30(2)10-12-31;1-2-3-8-28-21-17(22)16-14(12-5-4-6-13(10-12)20(25)26)11-15(24-19(16)29-21)18-23-7-9-27-18;3*1-2/h5-8,13,15-16H,3-4,9-12,14,27H2,1-2H3;4-7,9-11H,2-3,8,22H2,1H3,(H,25,26);3*1-2H3. The molecule has 1 unspecified atom stereocenters. The summed E-state index contributed by atoms with van der Waals surface area (Å²) in [5.41, 5.74) is 20.3. The van der Waals surface area contributed by atoms with E-state index in [0.717, 1.165) is 132 Å². The van der Waals surface area contributed by atoms with Gasteiger partial charge in [-0.25, -0.2) is 24.7 Å². The van der Waals surface area contributed by atoms with Gasteiger partial charge in [0, 0.05) is 71.4 Å². The molecule has 1 saturated heterocycles. The van der Waals surface area contributed by atoms with Crippen molar-refractivity contribution in [3.8, 4) is 43.7 Å². The normalized spacial score (nSPS) is 12.7. The average Bonchev–Trinajstić information content (AvgIpc) is 4.26. The Morgan fingerprint density at radius 3 is 1.76 bits per heavy atom. The van der Waals surface area contributed by atoms with Crippen LogP contribution in [0.1, 0.15) is 102 Å². The molecule has 1 aliphatic heterocycles. The topological polar surface area (TPSA) is 182 Å². The van der Waals surface area contributed by atoms with Crippen molar-refractivity contribution in [2.24, 2.45) is 0 Å². The van der Waals surface area contributed by atoms with E-state index in [1.54, 1.807) is 53.7 Å². The molecule has 378 valence electrons. The molecule has 0 bridgehead atoms. The lowest BCUT2D eigenvalue weighted by molar-refractivity contribution is 0.0662. The van der Waals surface area contributed by atoms with Crippen LogP contribution < -0.4 is 11.5 Å². The molecule has 2 aromatic carbocycles. The second-order valence-electron chi connectivity index (χ2n) is 15.4. The number of hydrogen-bond acceptors (Lipinski definition) is 15. The number of likely N-dealkylation sites (N-methyl/N-ethyl adjacent to an activating group) is 1. The number of anilines is 2. The second kappa shape index (κ2) is 28.2. The number of hydrogen-bond donors (Lipinski definition) is 3. The number of thiophene rings is 2. The molecule has 5 N–H and O–H groups in total. The summed E-state index contributed by atoms with van der Waals surface area (Å²) in [6, 6.07) is 18.6. The van der Waals surface area contributed by atoms with Crippen molar-refractivity contribution >= 4 is 112 Å². The summed E-state index contributed by atoms with van der Waals surface area (Å²) in [6.07, 6.45) is 7.63. The number of carbonyl (C=O) groups is 2. The van der Waals surface area contributed by atoms with Gasteiger partial charge in [0.1, 0.15) is 35.3 Å². The molecule has 1 atom stereocenters. The number of unbranched alkanes of at least 4 members (excludes halogenated alkanes) is 2. The van der Waals surface area contributed by atoms with Crippen molar-refractivity contribution in [2.45, 2.75) is 89.5 Å². The maximum Gasteiger partial charge on any atom is 0.335 e. The molecule has 1 amide bonds. The number of thiazole rings is 2. The Kier molecular flexibility index (Phi) is 22.6. The fourth-order valence-electron chi connectivity index (χ4n) is 7.36. The summed E-state index contributed by atoms with van der Waals surface area (Å²) in [5, 5.41) is 16.6. The van der Waals surface area contributed by atoms with E-state index in [1.165, 1.54) is 34.0 Å². The van der Waals surface area contributed by atoms with Gasteiger partial charge in [-0.1, -0.05) is 92.5 Å². The molecule has 9 rings (SSSR count). The van der Waals surface area contributed by atoms with Crippen LogP contribution in [0.3, 0.4) is 0 Å². The number of aromatic nitrogens is 4. The van der Waals surface area contributed by atoms with Crippen LogP contribution in [0.25, 0.3) is 64.1 Å². The van der Waals surface area contributed by atoms with Crippen molar-refractivity contribution in [3.05, 3.63) is 94.9 Å². The first-order valence-corrected chi connectivity index (χ1v) is 29.9. The van der Waals surface area contributed by atoms with Gasteiger partial charge in [0.05, 0.1) is 31.9 Å². The summed E-state index contributed by atoms with van der Waals surface area (Å²) < 4.78 is 14.8. The number of carboxylic acid groups (broad SMARTS) is 1. The van der Waals surface area contributed by atoms with Crippen molar-refractivity contribution < 1.29 is 18.9 Å². The summed E-state index contributed by atoms with van der Waals surface area (Å²) in [7, 11) is 0.898. The van der Waals surface area contributed by atoms with Crippen molar-refractivity contribution in [1.82, 2.24) is 29.7 Å². The van der Waals surface area contributed by atoms with Crippen LogP contribution in [0, 0.1) is 0 Å². The Morgan fingerprint density at radius 2 is 1.24 bits per heavy atom. The summed E-state index contributed by atoms with van der Waals surface area (Å²) in [6.45, 7) is 19.4.